The van der Waals surface area contributed by atoms with Gasteiger partial charge in [0.05, 0.1) is 24.4 Å². The fourth-order valence-corrected chi connectivity index (χ4v) is 4.40. The maximum absolute atomic E-state index is 9.58. The molecule has 5 unspecified atom stereocenters. The summed E-state index contributed by atoms with van der Waals surface area (Å²) in [5.74, 6) is 0.384. The van der Waals surface area contributed by atoms with Gasteiger partial charge in [-0.25, -0.2) is 0 Å². The minimum absolute atomic E-state index is 0.140. The van der Waals surface area contributed by atoms with E-state index in [0.29, 0.717) is 12.0 Å². The van der Waals surface area contributed by atoms with Crippen molar-refractivity contribution in [2.45, 2.75) is 61.0 Å². The molecule has 0 radical (unpaired) electrons. The zero-order chi connectivity index (χ0) is 13.4. The van der Waals surface area contributed by atoms with Crippen LogP contribution in [-0.2, 0) is 4.74 Å². The summed E-state index contributed by atoms with van der Waals surface area (Å²) in [5, 5.41) is 25.6. The number of aliphatic hydroxyl groups is 1. The van der Waals surface area contributed by atoms with Gasteiger partial charge in [-0.1, -0.05) is 15.9 Å². The Kier molecular flexibility index (Phi) is 4.11. The van der Waals surface area contributed by atoms with Crippen LogP contribution in [-0.4, -0.2) is 47.0 Å². The van der Waals surface area contributed by atoms with Crippen LogP contribution in [0.4, 0.5) is 0 Å². The molecule has 1 saturated carbocycles. The molecule has 5 nitrogen and oxygen atoms in total. The number of halogens is 1. The van der Waals surface area contributed by atoms with E-state index in [4.69, 9.17) is 10.00 Å². The Hall–Kier alpha value is -0.190. The zero-order valence-electron chi connectivity index (χ0n) is 10.8. The molecule has 2 saturated heterocycles. The summed E-state index contributed by atoms with van der Waals surface area (Å²) in [5.41, 5.74) is 0. The molecule has 3 N–H and O–H groups in total. The van der Waals surface area contributed by atoms with Gasteiger partial charge in [0.15, 0.2) is 0 Å². The molecule has 1 aliphatic carbocycles. The van der Waals surface area contributed by atoms with Crippen LogP contribution in [0.5, 0.6) is 0 Å². The van der Waals surface area contributed by atoms with Gasteiger partial charge in [-0.3, -0.25) is 10.6 Å². The molecule has 0 amide bonds. The van der Waals surface area contributed by atoms with Crippen molar-refractivity contribution in [3.63, 3.8) is 0 Å². The van der Waals surface area contributed by atoms with Crippen molar-refractivity contribution in [3.8, 4) is 6.07 Å². The Morgan fingerprint density at radius 3 is 2.89 bits per heavy atom. The van der Waals surface area contributed by atoms with E-state index in [9.17, 15) is 5.11 Å². The quantitative estimate of drug-likeness (QED) is 0.642. The Morgan fingerprint density at radius 1 is 1.37 bits per heavy atom. The van der Waals surface area contributed by atoms with E-state index in [0.717, 1.165) is 32.2 Å². The number of nitriles is 1. The molecule has 0 aromatic rings. The second-order valence-electron chi connectivity index (χ2n) is 5.85. The van der Waals surface area contributed by atoms with Gasteiger partial charge in [0.2, 0.25) is 0 Å². The standard InChI is InChI=1S/C13H20BrN3O2/c14-12-10-4-9(5-15)19-11(10)6-16-13(12)17-7-1-2-8(18)3-7/h7-13,16-18H,1-4,6H2/t7-,8+,9?,10?,11?,12?,13?/m0/s1. The number of nitrogens with zero attached hydrogens (tertiary/aromatic N) is 1. The van der Waals surface area contributed by atoms with Gasteiger partial charge in [0.25, 0.3) is 0 Å². The van der Waals surface area contributed by atoms with Gasteiger partial charge < -0.3 is 9.84 Å². The fourth-order valence-electron chi connectivity index (χ4n) is 3.50. The minimum atomic E-state index is -0.260. The van der Waals surface area contributed by atoms with Gasteiger partial charge in [0, 0.05) is 23.3 Å². The third-order valence-corrected chi connectivity index (χ3v) is 5.74. The van der Waals surface area contributed by atoms with Gasteiger partial charge in [-0.2, -0.15) is 5.26 Å². The van der Waals surface area contributed by atoms with E-state index in [2.05, 4.69) is 32.6 Å². The molecule has 106 valence electrons. The van der Waals surface area contributed by atoms with Crippen LogP contribution in [0.2, 0.25) is 0 Å². The first kappa shape index (κ1) is 13.8. The Balaban J connectivity index is 1.58. The van der Waals surface area contributed by atoms with E-state index >= 15 is 0 Å². The topological polar surface area (TPSA) is 77.3 Å². The lowest BCUT2D eigenvalue weighted by molar-refractivity contribution is 0.0406. The number of rotatable bonds is 2. The van der Waals surface area contributed by atoms with E-state index in [1.165, 1.54) is 0 Å². The summed E-state index contributed by atoms with van der Waals surface area (Å²) in [6.07, 6.45) is 3.49. The molecular formula is C13H20BrN3O2. The summed E-state index contributed by atoms with van der Waals surface area (Å²) in [4.78, 5) is 0.266. The van der Waals surface area contributed by atoms with Gasteiger partial charge in [-0.15, -0.1) is 0 Å². The van der Waals surface area contributed by atoms with Crippen molar-refractivity contribution in [2.75, 3.05) is 6.54 Å². The first-order chi connectivity index (χ1) is 9.17. The highest BCUT2D eigenvalue weighted by molar-refractivity contribution is 9.09. The van der Waals surface area contributed by atoms with Crippen LogP contribution >= 0.6 is 15.9 Å². The smallest absolute Gasteiger partial charge is 0.144 e. The first-order valence-electron chi connectivity index (χ1n) is 7.04. The van der Waals surface area contributed by atoms with Crippen molar-refractivity contribution < 1.29 is 9.84 Å². The molecule has 3 aliphatic rings. The highest BCUT2D eigenvalue weighted by Gasteiger charge is 2.45. The normalized spacial score (nSPS) is 49.8. The second kappa shape index (κ2) is 5.66. The average molecular weight is 330 g/mol. The first-order valence-corrected chi connectivity index (χ1v) is 7.95. The lowest BCUT2D eigenvalue weighted by atomic mass is 9.90. The Morgan fingerprint density at radius 2 is 2.21 bits per heavy atom. The van der Waals surface area contributed by atoms with Gasteiger partial charge >= 0.3 is 0 Å². The third-order valence-electron chi connectivity index (χ3n) is 4.53. The summed E-state index contributed by atoms with van der Waals surface area (Å²) in [7, 11) is 0. The molecular weight excluding hydrogens is 310 g/mol. The zero-order valence-corrected chi connectivity index (χ0v) is 12.3. The number of aliphatic hydroxyl groups excluding tert-OH is 1. The molecule has 0 aromatic heterocycles. The Bertz CT molecular complexity index is 375. The molecule has 19 heavy (non-hydrogen) atoms. The molecule has 3 fully saturated rings. The van der Waals surface area contributed by atoms with E-state index in [1.807, 2.05) is 0 Å². The minimum Gasteiger partial charge on any atom is -0.393 e. The van der Waals surface area contributed by atoms with Gasteiger partial charge in [0.1, 0.15) is 6.10 Å². The van der Waals surface area contributed by atoms with Crippen molar-refractivity contribution in [1.29, 1.82) is 5.26 Å². The highest BCUT2D eigenvalue weighted by atomic mass is 79.9. The van der Waals surface area contributed by atoms with Crippen LogP contribution in [0.25, 0.3) is 0 Å². The summed E-state index contributed by atoms with van der Waals surface area (Å²) < 4.78 is 5.70. The molecule has 6 heteroatoms. The molecule has 2 heterocycles. The lowest BCUT2D eigenvalue weighted by Crippen LogP contribution is -2.60. The molecule has 3 rings (SSSR count). The third kappa shape index (κ3) is 2.81. The van der Waals surface area contributed by atoms with Crippen LogP contribution in [0.15, 0.2) is 0 Å². The maximum Gasteiger partial charge on any atom is 0.144 e. The molecule has 0 aromatic carbocycles. The van der Waals surface area contributed by atoms with Crippen molar-refractivity contribution in [3.05, 3.63) is 0 Å². The number of hydrogen-bond acceptors (Lipinski definition) is 5. The maximum atomic E-state index is 9.58. The summed E-state index contributed by atoms with van der Waals surface area (Å²) in [6, 6.07) is 2.60. The van der Waals surface area contributed by atoms with Gasteiger partial charge in [-0.05, 0) is 25.7 Å². The molecule has 7 atom stereocenters. The SMILES string of the molecule is N#CC1CC2C(CNC(N[C@H]3CC[C@@H](O)C3)C2Br)O1. The predicted molar refractivity (Wildman–Crippen MR) is 73.7 cm³/mol. The molecule has 0 spiro atoms. The van der Waals surface area contributed by atoms with E-state index in [-0.39, 0.29) is 29.3 Å². The Labute approximate surface area is 121 Å². The predicted octanol–water partition coefficient (Wildman–Crippen LogP) is 0.479. The fraction of sp³-hybridized carbons (Fsp3) is 0.923. The van der Waals surface area contributed by atoms with Crippen molar-refractivity contribution in [2.24, 2.45) is 5.92 Å². The van der Waals surface area contributed by atoms with Crippen LogP contribution in [0, 0.1) is 17.2 Å². The molecule has 0 bridgehead atoms. The largest absolute Gasteiger partial charge is 0.393 e. The number of piperidine rings is 1. The van der Waals surface area contributed by atoms with E-state index < -0.39 is 0 Å². The second-order valence-corrected chi connectivity index (χ2v) is 6.91. The van der Waals surface area contributed by atoms with E-state index in [1.54, 1.807) is 0 Å². The number of nitrogens with one attached hydrogen (secondary N) is 2. The average Bonchev–Trinajstić information content (AvgIpc) is 2.99. The monoisotopic (exact) mass is 329 g/mol. The van der Waals surface area contributed by atoms with Crippen molar-refractivity contribution in [1.82, 2.24) is 10.6 Å². The number of hydrogen-bond donors (Lipinski definition) is 3. The highest BCUT2D eigenvalue weighted by Crippen LogP contribution is 2.36. The van der Waals surface area contributed by atoms with Crippen molar-refractivity contribution >= 4 is 15.9 Å². The number of fused-ring (bicyclic) bond motifs is 1. The summed E-state index contributed by atoms with van der Waals surface area (Å²) in [6.45, 7) is 0.790. The van der Waals surface area contributed by atoms with Crippen LogP contribution < -0.4 is 10.6 Å². The van der Waals surface area contributed by atoms with Crippen LogP contribution in [0.1, 0.15) is 25.7 Å². The number of alkyl halides is 1. The lowest BCUT2D eigenvalue weighted by Gasteiger charge is -2.38. The summed E-state index contributed by atoms with van der Waals surface area (Å²) >= 11 is 3.76. The number of ether oxygens (including phenoxy) is 1. The molecule has 2 aliphatic heterocycles. The van der Waals surface area contributed by atoms with Crippen LogP contribution in [0.3, 0.4) is 0 Å².